The maximum Gasteiger partial charge on any atom is 0.405 e. The first kappa shape index (κ1) is 22.3. The number of amides is 1. The molecule has 9 nitrogen and oxygen atoms in total. The second-order valence-electron chi connectivity index (χ2n) is 7.90. The van der Waals surface area contributed by atoms with Crippen LogP contribution in [0.2, 0.25) is 0 Å². The van der Waals surface area contributed by atoms with Crippen molar-refractivity contribution in [1.29, 1.82) is 0 Å². The van der Waals surface area contributed by atoms with Crippen molar-refractivity contribution in [3.05, 3.63) is 71.8 Å². The molecule has 0 spiro atoms. The van der Waals surface area contributed by atoms with Gasteiger partial charge in [-0.15, -0.1) is 0 Å². The molecule has 1 aromatic carbocycles. The SMILES string of the molecule is Cn1ncc2c(-c3ccc(-n4c(=O)n(CC(=O)NCC(F)(F)F)c5cnccc54)cc3)cncc21. The molecule has 12 heteroatoms. The maximum atomic E-state index is 13.2. The predicted octanol–water partition coefficient (Wildman–Crippen LogP) is 2.81. The Morgan fingerprint density at radius 2 is 1.71 bits per heavy atom. The van der Waals surface area contributed by atoms with E-state index < -0.39 is 30.9 Å². The average Bonchev–Trinajstić information content (AvgIpc) is 3.35. The van der Waals surface area contributed by atoms with Gasteiger partial charge in [-0.05, 0) is 23.8 Å². The molecule has 4 heterocycles. The number of imidazole rings is 1. The third-order valence-electron chi connectivity index (χ3n) is 5.63. The number of carbonyl (C=O) groups is 1. The number of alkyl halides is 3. The van der Waals surface area contributed by atoms with E-state index in [1.54, 1.807) is 46.8 Å². The van der Waals surface area contributed by atoms with Crippen LogP contribution in [0.15, 0.2) is 66.1 Å². The molecule has 0 saturated heterocycles. The first-order valence-corrected chi connectivity index (χ1v) is 10.5. The van der Waals surface area contributed by atoms with Crippen molar-refractivity contribution < 1.29 is 18.0 Å². The van der Waals surface area contributed by atoms with Crippen LogP contribution in [0.25, 0.3) is 38.8 Å². The van der Waals surface area contributed by atoms with Crippen LogP contribution < -0.4 is 11.0 Å². The highest BCUT2D eigenvalue weighted by molar-refractivity contribution is 5.93. The summed E-state index contributed by atoms with van der Waals surface area (Å²) in [6, 6.07) is 8.78. The lowest BCUT2D eigenvalue weighted by atomic mass is 10.0. The number of nitrogens with one attached hydrogen (secondary N) is 1. The number of benzene rings is 1. The van der Waals surface area contributed by atoms with Crippen molar-refractivity contribution in [1.82, 2.24) is 34.2 Å². The minimum absolute atomic E-state index is 0.327. The number of hydrogen-bond donors (Lipinski definition) is 1. The summed E-state index contributed by atoms with van der Waals surface area (Å²) in [6.07, 6.45) is 3.57. The molecule has 0 radical (unpaired) electrons. The lowest BCUT2D eigenvalue weighted by Crippen LogP contribution is -2.37. The van der Waals surface area contributed by atoms with E-state index in [2.05, 4.69) is 15.1 Å². The summed E-state index contributed by atoms with van der Waals surface area (Å²) in [4.78, 5) is 33.6. The zero-order valence-electron chi connectivity index (χ0n) is 18.3. The number of aryl methyl sites for hydroxylation is 1. The number of halogens is 3. The van der Waals surface area contributed by atoms with Crippen LogP contribution in [0.1, 0.15) is 0 Å². The van der Waals surface area contributed by atoms with Gasteiger partial charge in [-0.25, -0.2) is 4.79 Å². The summed E-state index contributed by atoms with van der Waals surface area (Å²) in [6.45, 7) is -2.05. The van der Waals surface area contributed by atoms with Crippen LogP contribution in [0.4, 0.5) is 13.2 Å². The van der Waals surface area contributed by atoms with Crippen LogP contribution >= 0.6 is 0 Å². The van der Waals surface area contributed by atoms with Crippen LogP contribution in [-0.4, -0.2) is 47.5 Å². The second kappa shape index (κ2) is 8.38. The third-order valence-corrected chi connectivity index (χ3v) is 5.63. The molecule has 0 aliphatic carbocycles. The number of rotatable bonds is 5. The van der Waals surface area contributed by atoms with Crippen molar-refractivity contribution in [2.24, 2.45) is 7.05 Å². The summed E-state index contributed by atoms with van der Waals surface area (Å²) in [7, 11) is 1.83. The molecule has 0 atom stereocenters. The lowest BCUT2D eigenvalue weighted by Gasteiger charge is -2.08. The van der Waals surface area contributed by atoms with Crippen molar-refractivity contribution in [2.75, 3.05) is 6.54 Å². The number of pyridine rings is 2. The van der Waals surface area contributed by atoms with Crippen LogP contribution in [0.5, 0.6) is 0 Å². The van der Waals surface area contributed by atoms with Gasteiger partial charge in [0.2, 0.25) is 5.91 Å². The monoisotopic (exact) mass is 481 g/mol. The van der Waals surface area contributed by atoms with E-state index in [0.717, 1.165) is 26.6 Å². The highest BCUT2D eigenvalue weighted by Crippen LogP contribution is 2.28. The third kappa shape index (κ3) is 4.14. The molecule has 4 aromatic heterocycles. The normalized spacial score (nSPS) is 11.9. The number of fused-ring (bicyclic) bond motifs is 2. The molecule has 178 valence electrons. The van der Waals surface area contributed by atoms with Gasteiger partial charge in [0, 0.05) is 30.4 Å². The van der Waals surface area contributed by atoms with Gasteiger partial charge >= 0.3 is 11.9 Å². The zero-order valence-corrected chi connectivity index (χ0v) is 18.3. The van der Waals surface area contributed by atoms with Crippen molar-refractivity contribution in [3.8, 4) is 16.8 Å². The van der Waals surface area contributed by atoms with E-state index in [9.17, 15) is 22.8 Å². The molecular weight excluding hydrogens is 463 g/mol. The van der Waals surface area contributed by atoms with E-state index in [1.165, 1.54) is 17.0 Å². The number of aromatic nitrogens is 6. The van der Waals surface area contributed by atoms with Gasteiger partial charge in [0.05, 0.1) is 40.8 Å². The van der Waals surface area contributed by atoms with Crippen LogP contribution in [0, 0.1) is 0 Å². The van der Waals surface area contributed by atoms with E-state index in [1.807, 2.05) is 19.2 Å². The first-order valence-electron chi connectivity index (χ1n) is 10.5. The molecular formula is C23H18F3N7O2. The Kier molecular flexibility index (Phi) is 5.35. The van der Waals surface area contributed by atoms with Crippen molar-refractivity contribution in [3.63, 3.8) is 0 Å². The Bertz CT molecular complexity index is 1610. The summed E-state index contributed by atoms with van der Waals surface area (Å²) in [5.41, 5.74) is 3.37. The average molecular weight is 481 g/mol. The molecule has 1 amide bonds. The highest BCUT2D eigenvalue weighted by Gasteiger charge is 2.28. The van der Waals surface area contributed by atoms with Gasteiger partial charge < -0.3 is 5.32 Å². The Morgan fingerprint density at radius 3 is 2.46 bits per heavy atom. The van der Waals surface area contributed by atoms with Crippen LogP contribution in [-0.2, 0) is 18.4 Å². The largest absolute Gasteiger partial charge is 0.405 e. The molecule has 1 N–H and O–H groups in total. The van der Waals surface area contributed by atoms with Crippen molar-refractivity contribution in [2.45, 2.75) is 12.7 Å². The van der Waals surface area contributed by atoms with E-state index in [4.69, 9.17) is 0 Å². The zero-order chi connectivity index (χ0) is 24.7. The minimum atomic E-state index is -4.55. The molecule has 0 bridgehead atoms. The van der Waals surface area contributed by atoms with E-state index in [0.29, 0.717) is 16.7 Å². The predicted molar refractivity (Wildman–Crippen MR) is 122 cm³/mol. The standard InChI is InChI=1S/C23H18F3N7O2/c1-31-19-10-28-8-16(17(19)9-30-31)14-2-4-15(5-3-14)33-18-6-7-27-11-20(18)32(22(33)35)12-21(34)29-13-23(24,25)26/h2-11H,12-13H2,1H3,(H,29,34). The van der Waals surface area contributed by atoms with Gasteiger partial charge in [-0.1, -0.05) is 12.1 Å². The molecule has 0 fully saturated rings. The molecule has 5 rings (SSSR count). The molecule has 0 aliphatic heterocycles. The van der Waals surface area contributed by atoms with Gasteiger partial charge in [-0.2, -0.15) is 18.3 Å². The summed E-state index contributed by atoms with van der Waals surface area (Å²) in [5.74, 6) is -0.931. The number of hydrogen-bond acceptors (Lipinski definition) is 5. The van der Waals surface area contributed by atoms with Gasteiger partial charge in [0.15, 0.2) is 0 Å². The first-order chi connectivity index (χ1) is 16.7. The molecule has 0 saturated carbocycles. The van der Waals surface area contributed by atoms with Gasteiger partial charge in [0.25, 0.3) is 0 Å². The Balaban J connectivity index is 1.52. The molecule has 0 aliphatic rings. The topological polar surface area (TPSA) is 99.6 Å². The number of carbonyl (C=O) groups excluding carboxylic acids is 1. The van der Waals surface area contributed by atoms with E-state index in [-0.39, 0.29) is 0 Å². The minimum Gasteiger partial charge on any atom is -0.345 e. The molecule has 5 aromatic rings. The molecule has 35 heavy (non-hydrogen) atoms. The Hall–Kier alpha value is -4.48. The second-order valence-corrected chi connectivity index (χ2v) is 7.90. The fourth-order valence-electron chi connectivity index (χ4n) is 3.98. The fraction of sp³-hybridized carbons (Fsp3) is 0.174. The summed E-state index contributed by atoms with van der Waals surface area (Å²) in [5, 5.41) is 6.99. The Morgan fingerprint density at radius 1 is 0.971 bits per heavy atom. The van der Waals surface area contributed by atoms with Gasteiger partial charge in [-0.3, -0.25) is 28.6 Å². The van der Waals surface area contributed by atoms with E-state index >= 15 is 0 Å². The summed E-state index contributed by atoms with van der Waals surface area (Å²) >= 11 is 0. The maximum absolute atomic E-state index is 13.2. The van der Waals surface area contributed by atoms with Crippen LogP contribution in [0.3, 0.4) is 0 Å². The number of nitrogens with zero attached hydrogens (tertiary/aromatic N) is 6. The smallest absolute Gasteiger partial charge is 0.345 e. The summed E-state index contributed by atoms with van der Waals surface area (Å²) < 4.78 is 41.6. The fourth-order valence-corrected chi connectivity index (χ4v) is 3.98. The highest BCUT2D eigenvalue weighted by atomic mass is 19.4. The van der Waals surface area contributed by atoms with Crippen molar-refractivity contribution >= 4 is 27.8 Å². The molecule has 0 unspecified atom stereocenters. The lowest BCUT2D eigenvalue weighted by molar-refractivity contribution is -0.138. The Labute approximate surface area is 195 Å². The van der Waals surface area contributed by atoms with Gasteiger partial charge in [0.1, 0.15) is 13.1 Å². The quantitative estimate of drug-likeness (QED) is 0.416.